The third-order valence-electron chi connectivity index (χ3n) is 7.43. The fourth-order valence-corrected chi connectivity index (χ4v) is 5.56. The number of thioether (sulfide) groups is 1. The average Bonchev–Trinajstić information content (AvgIpc) is 3.37. The Bertz CT molecular complexity index is 1640. The highest BCUT2D eigenvalue weighted by Gasteiger charge is 2.35. The first-order valence-electron chi connectivity index (χ1n) is 14.2. The average molecular weight is 584 g/mol. The number of aryl methyl sites for hydroxylation is 2. The molecule has 0 bridgehead atoms. The monoisotopic (exact) mass is 583 g/mol. The van der Waals surface area contributed by atoms with Gasteiger partial charge in [-0.25, -0.2) is 4.68 Å². The van der Waals surface area contributed by atoms with E-state index in [9.17, 15) is 4.79 Å². The number of fused-ring (bicyclic) bond motifs is 1. The molecule has 1 aliphatic heterocycles. The molecule has 1 unspecified atom stereocenters. The van der Waals surface area contributed by atoms with Crippen molar-refractivity contribution in [1.29, 1.82) is 0 Å². The quantitative estimate of drug-likeness (QED) is 0.191. The van der Waals surface area contributed by atoms with Crippen LogP contribution in [0.1, 0.15) is 54.6 Å². The first kappa shape index (κ1) is 29.3. The van der Waals surface area contributed by atoms with E-state index in [0.29, 0.717) is 47.1 Å². The molecule has 0 aliphatic carbocycles. The highest BCUT2D eigenvalue weighted by Crippen LogP contribution is 2.40. The third-order valence-corrected chi connectivity index (χ3v) is 8.15. The van der Waals surface area contributed by atoms with Crippen LogP contribution in [0.5, 0.6) is 11.5 Å². The van der Waals surface area contributed by atoms with Gasteiger partial charge in [0, 0.05) is 11.4 Å². The van der Waals surface area contributed by atoms with Crippen molar-refractivity contribution in [3.8, 4) is 11.5 Å². The predicted octanol–water partition coefficient (Wildman–Crippen LogP) is 7.22. The molecule has 2 heterocycles. The first-order chi connectivity index (χ1) is 20.3. The fraction of sp³-hybridized carbons (Fsp3) is 0.303. The van der Waals surface area contributed by atoms with E-state index in [1.165, 1.54) is 5.56 Å². The number of benzene rings is 3. The summed E-state index contributed by atoms with van der Waals surface area (Å²) in [6.07, 6.45) is 0. The molecule has 0 radical (unpaired) electrons. The maximum atomic E-state index is 14.0. The van der Waals surface area contributed by atoms with Crippen LogP contribution in [0.2, 0.25) is 0 Å². The second kappa shape index (κ2) is 12.7. The molecular formula is C33H37N5O3S. The van der Waals surface area contributed by atoms with Crippen LogP contribution < -0.4 is 20.1 Å². The maximum Gasteiger partial charge on any atom is 0.255 e. The first-order valence-corrected chi connectivity index (χ1v) is 15.2. The van der Waals surface area contributed by atoms with E-state index < -0.39 is 6.04 Å². The fourth-order valence-electron chi connectivity index (χ4n) is 5.01. The lowest BCUT2D eigenvalue weighted by atomic mass is 9.94. The van der Waals surface area contributed by atoms with Crippen LogP contribution in [0.3, 0.4) is 0 Å². The van der Waals surface area contributed by atoms with E-state index in [-0.39, 0.29) is 5.91 Å². The van der Waals surface area contributed by atoms with Gasteiger partial charge in [0.1, 0.15) is 12.6 Å². The SMILES string of the molecule is CCOc1cc(C2C(C(=O)Nc3cccc(C)c3C)=C(C)Nc3nc(SCC)nn32)ccc1OCc1ccccc1C. The van der Waals surface area contributed by atoms with E-state index in [0.717, 1.165) is 33.7 Å². The molecule has 2 N–H and O–H groups in total. The number of carbonyl (C=O) groups excluding carboxylic acids is 1. The van der Waals surface area contributed by atoms with Crippen LogP contribution in [-0.4, -0.2) is 33.0 Å². The van der Waals surface area contributed by atoms with Gasteiger partial charge in [-0.05, 0) is 86.4 Å². The Balaban J connectivity index is 1.55. The van der Waals surface area contributed by atoms with Crippen LogP contribution in [0.25, 0.3) is 0 Å². The van der Waals surface area contributed by atoms with Gasteiger partial charge in [0.25, 0.3) is 5.91 Å². The molecule has 8 nitrogen and oxygen atoms in total. The number of hydrogen-bond donors (Lipinski definition) is 2. The molecule has 9 heteroatoms. The number of amides is 1. The third kappa shape index (κ3) is 6.01. The summed E-state index contributed by atoms with van der Waals surface area (Å²) in [4.78, 5) is 18.7. The van der Waals surface area contributed by atoms with Crippen LogP contribution in [0.15, 0.2) is 77.1 Å². The Hall–Kier alpha value is -4.24. The molecule has 0 fully saturated rings. The van der Waals surface area contributed by atoms with Gasteiger partial charge in [0.2, 0.25) is 11.1 Å². The molecule has 1 atom stereocenters. The van der Waals surface area contributed by atoms with E-state index in [2.05, 4.69) is 36.6 Å². The van der Waals surface area contributed by atoms with Crippen molar-refractivity contribution < 1.29 is 14.3 Å². The lowest BCUT2D eigenvalue weighted by molar-refractivity contribution is -0.113. The summed E-state index contributed by atoms with van der Waals surface area (Å²) in [5.41, 5.74) is 7.31. The van der Waals surface area contributed by atoms with Crippen molar-refractivity contribution in [1.82, 2.24) is 14.8 Å². The molecule has 1 amide bonds. The highest BCUT2D eigenvalue weighted by atomic mass is 32.2. The molecule has 218 valence electrons. The van der Waals surface area contributed by atoms with Crippen molar-refractivity contribution in [3.63, 3.8) is 0 Å². The standard InChI is InChI=1S/C33H37N5O3S/c1-7-40-28-18-24(16-17-27(28)41-19-25-14-10-9-12-21(25)4)30-29(31(39)35-26-15-11-13-20(3)22(26)5)23(6)34-32-36-33(42-8-2)37-38(30)32/h9-18,30H,7-8,19H2,1-6H3,(H,35,39)(H,34,36,37). The maximum absolute atomic E-state index is 14.0. The van der Waals surface area contributed by atoms with E-state index >= 15 is 0 Å². The number of carbonyl (C=O) groups is 1. The summed E-state index contributed by atoms with van der Waals surface area (Å²) >= 11 is 1.56. The molecule has 5 rings (SSSR count). The van der Waals surface area contributed by atoms with Gasteiger partial charge in [0.05, 0.1) is 12.2 Å². The van der Waals surface area contributed by atoms with Gasteiger partial charge in [-0.2, -0.15) is 4.98 Å². The Morgan fingerprint density at radius 3 is 2.52 bits per heavy atom. The number of nitrogens with one attached hydrogen (secondary N) is 2. The Kier molecular flexibility index (Phi) is 8.87. The normalized spacial score (nSPS) is 14.3. The van der Waals surface area contributed by atoms with Crippen LogP contribution in [0.4, 0.5) is 11.6 Å². The zero-order chi connectivity index (χ0) is 29.8. The van der Waals surface area contributed by atoms with E-state index in [4.69, 9.17) is 19.6 Å². The van der Waals surface area contributed by atoms with Crippen LogP contribution in [-0.2, 0) is 11.4 Å². The molecule has 1 aliphatic rings. The highest BCUT2D eigenvalue weighted by molar-refractivity contribution is 7.99. The van der Waals surface area contributed by atoms with Gasteiger partial charge in [-0.3, -0.25) is 4.79 Å². The zero-order valence-electron chi connectivity index (χ0n) is 24.9. The number of allylic oxidation sites excluding steroid dienone is 1. The molecular weight excluding hydrogens is 546 g/mol. The summed E-state index contributed by atoms with van der Waals surface area (Å²) < 4.78 is 14.1. The minimum Gasteiger partial charge on any atom is -0.490 e. The van der Waals surface area contributed by atoms with E-state index in [1.807, 2.05) is 76.2 Å². The van der Waals surface area contributed by atoms with Crippen molar-refractivity contribution in [2.75, 3.05) is 23.0 Å². The van der Waals surface area contributed by atoms with Crippen LogP contribution >= 0.6 is 11.8 Å². The summed E-state index contributed by atoms with van der Waals surface area (Å²) in [7, 11) is 0. The zero-order valence-corrected chi connectivity index (χ0v) is 25.8. The number of rotatable bonds is 10. The smallest absolute Gasteiger partial charge is 0.255 e. The molecule has 0 spiro atoms. The minimum absolute atomic E-state index is 0.206. The summed E-state index contributed by atoms with van der Waals surface area (Å²) in [5, 5.41) is 11.9. The summed E-state index contributed by atoms with van der Waals surface area (Å²) in [6, 6.07) is 19.4. The van der Waals surface area contributed by atoms with Crippen molar-refractivity contribution >= 4 is 29.3 Å². The predicted molar refractivity (Wildman–Crippen MR) is 169 cm³/mol. The lowest BCUT2D eigenvalue weighted by Crippen LogP contribution is -2.31. The molecule has 0 saturated carbocycles. The number of anilines is 2. The summed E-state index contributed by atoms with van der Waals surface area (Å²) in [5.74, 6) is 2.47. The van der Waals surface area contributed by atoms with Gasteiger partial charge < -0.3 is 20.1 Å². The molecule has 0 saturated heterocycles. The molecule has 4 aromatic rings. The topological polar surface area (TPSA) is 90.3 Å². The number of hydrogen-bond acceptors (Lipinski definition) is 7. The second-order valence-electron chi connectivity index (χ2n) is 10.2. The minimum atomic E-state index is -0.533. The van der Waals surface area contributed by atoms with Crippen molar-refractivity contribution in [2.45, 2.75) is 59.3 Å². The number of aromatic nitrogens is 3. The van der Waals surface area contributed by atoms with Crippen LogP contribution in [0, 0.1) is 20.8 Å². The molecule has 1 aromatic heterocycles. The molecule has 3 aromatic carbocycles. The van der Waals surface area contributed by atoms with Crippen molar-refractivity contribution in [3.05, 3.63) is 99.8 Å². The Morgan fingerprint density at radius 1 is 0.976 bits per heavy atom. The Labute approximate surface area is 251 Å². The lowest BCUT2D eigenvalue weighted by Gasteiger charge is -2.29. The second-order valence-corrected chi connectivity index (χ2v) is 11.4. The van der Waals surface area contributed by atoms with Gasteiger partial charge in [-0.15, -0.1) is 5.10 Å². The Morgan fingerprint density at radius 2 is 1.76 bits per heavy atom. The number of ether oxygens (including phenoxy) is 2. The van der Waals surface area contributed by atoms with Gasteiger partial charge in [0.15, 0.2) is 11.5 Å². The summed E-state index contributed by atoms with van der Waals surface area (Å²) in [6.45, 7) is 12.9. The number of nitrogens with zero attached hydrogens (tertiary/aromatic N) is 3. The van der Waals surface area contributed by atoms with Crippen molar-refractivity contribution in [2.24, 2.45) is 0 Å². The van der Waals surface area contributed by atoms with Gasteiger partial charge in [-0.1, -0.05) is 61.2 Å². The molecule has 42 heavy (non-hydrogen) atoms. The van der Waals surface area contributed by atoms with E-state index in [1.54, 1.807) is 16.4 Å². The van der Waals surface area contributed by atoms with Gasteiger partial charge >= 0.3 is 0 Å². The largest absolute Gasteiger partial charge is 0.490 e.